The van der Waals surface area contributed by atoms with Gasteiger partial charge >= 0.3 is 0 Å². The van der Waals surface area contributed by atoms with Crippen LogP contribution in [0.3, 0.4) is 0 Å². The van der Waals surface area contributed by atoms with E-state index in [2.05, 4.69) is 0 Å². The summed E-state index contributed by atoms with van der Waals surface area (Å²) in [5, 5.41) is 0. The maximum Gasteiger partial charge on any atom is 0.0231 e. The van der Waals surface area contributed by atoms with Crippen LogP contribution in [0.4, 0.5) is 0 Å². The van der Waals surface area contributed by atoms with Gasteiger partial charge in [-0.25, -0.2) is 0 Å². The smallest absolute Gasteiger partial charge is 0.0231 e. The first-order valence-electron chi connectivity index (χ1n) is 2.76. The molecule has 0 aromatic carbocycles. The number of hydrogen-bond acceptors (Lipinski definition) is 1. The molecule has 1 nitrogen and oxygen atoms in total. The van der Waals surface area contributed by atoms with Crippen molar-refractivity contribution in [3.63, 3.8) is 0 Å². The van der Waals surface area contributed by atoms with Crippen LogP contribution in [0.1, 0.15) is 17.4 Å². The summed E-state index contributed by atoms with van der Waals surface area (Å²) in [6, 6.07) is 0. The molecule has 0 aromatic heterocycles. The number of nitrogens with two attached hydrogens (primary N) is 1. The van der Waals surface area contributed by atoms with E-state index in [9.17, 15) is 0 Å². The molecular formula is C3H10ClN. The lowest BCUT2D eigenvalue weighted by Gasteiger charge is -1.70. The molecule has 0 amide bonds. The van der Waals surface area contributed by atoms with E-state index in [0.29, 0.717) is 0 Å². The van der Waals surface area contributed by atoms with Gasteiger partial charge in [0.2, 0.25) is 0 Å². The lowest BCUT2D eigenvalue weighted by Crippen LogP contribution is -1.93. The van der Waals surface area contributed by atoms with Crippen LogP contribution < -0.4 is 5.73 Å². The van der Waals surface area contributed by atoms with Gasteiger partial charge in [0.1, 0.15) is 0 Å². The fourth-order valence-corrected chi connectivity index (χ4v) is 0. The second-order valence-electron chi connectivity index (χ2n) is 0.539. The highest BCUT2D eigenvalue weighted by molar-refractivity contribution is 5.85. The number of hydrogen-bond donors (Lipinski definition) is 1. The molecule has 2 heteroatoms. The van der Waals surface area contributed by atoms with E-state index in [4.69, 9.17) is 9.85 Å². The monoisotopic (exact) mass is 98.1 g/mol. The van der Waals surface area contributed by atoms with Crippen LogP contribution in [-0.2, 0) is 0 Å². The average molecular weight is 98.6 g/mol. The summed E-state index contributed by atoms with van der Waals surface area (Å²) in [5.74, 6) is 0. The van der Waals surface area contributed by atoms with Crippen molar-refractivity contribution in [3.05, 3.63) is 0 Å². The quantitative estimate of drug-likeness (QED) is 0.515. The molecule has 0 fully saturated rings. The summed E-state index contributed by atoms with van der Waals surface area (Å²) in [4.78, 5) is 0. The fourth-order valence-electron chi connectivity index (χ4n) is 0. The van der Waals surface area contributed by atoms with Gasteiger partial charge in [-0.2, -0.15) is 0 Å². The van der Waals surface area contributed by atoms with Crippen molar-refractivity contribution in [1.29, 1.82) is 0 Å². The summed E-state index contributed by atoms with van der Waals surface area (Å²) in [6.07, 6.45) is 0.118. The van der Waals surface area contributed by atoms with E-state index in [1.165, 1.54) is 0 Å². The van der Waals surface area contributed by atoms with Crippen molar-refractivity contribution in [3.8, 4) is 0 Å². The van der Waals surface area contributed by atoms with Crippen molar-refractivity contribution < 1.29 is 4.11 Å². The molecule has 0 radical (unpaired) electrons. The summed E-state index contributed by atoms with van der Waals surface area (Å²) >= 11 is 0. The second-order valence-corrected chi connectivity index (χ2v) is 0.539. The van der Waals surface area contributed by atoms with Gasteiger partial charge in [-0.3, -0.25) is 0 Å². The van der Waals surface area contributed by atoms with Gasteiger partial charge in [0.05, 0.1) is 0 Å². The van der Waals surface area contributed by atoms with Crippen molar-refractivity contribution >= 4 is 12.4 Å². The summed E-state index contributed by atoms with van der Waals surface area (Å²) in [5.41, 5.74) is 4.95. The van der Waals surface area contributed by atoms with Crippen molar-refractivity contribution in [2.24, 2.45) is 5.73 Å². The van der Waals surface area contributed by atoms with Crippen LogP contribution in [0.5, 0.6) is 0 Å². The molecule has 0 aliphatic carbocycles. The molecule has 0 spiro atoms. The molecule has 0 atom stereocenters. The van der Waals surface area contributed by atoms with Crippen molar-refractivity contribution in [1.82, 2.24) is 0 Å². The predicted octanol–water partition coefficient (Wildman–Crippen LogP) is 0.777. The Morgan fingerprint density at radius 1 is 2.00 bits per heavy atom. The molecule has 0 aromatic rings. The van der Waals surface area contributed by atoms with Crippen LogP contribution in [0.15, 0.2) is 0 Å². The highest BCUT2D eigenvalue weighted by Gasteiger charge is 1.55. The van der Waals surface area contributed by atoms with Gasteiger partial charge in [-0.15, -0.1) is 12.4 Å². The lowest BCUT2D eigenvalue weighted by molar-refractivity contribution is 0.932. The van der Waals surface area contributed by atoms with Gasteiger partial charge in [0.15, 0.2) is 0 Å². The van der Waals surface area contributed by atoms with E-state index in [0.717, 1.165) is 0 Å². The van der Waals surface area contributed by atoms with Crippen LogP contribution in [0.25, 0.3) is 0 Å². The first-order chi connectivity index (χ1) is 3.06. The first-order valence-corrected chi connectivity index (χ1v) is 1.26. The molecule has 0 saturated carbocycles. The predicted molar refractivity (Wildman–Crippen MR) is 26.6 cm³/mol. The van der Waals surface area contributed by atoms with E-state index in [1.807, 2.05) is 0 Å². The number of rotatable bonds is 1. The topological polar surface area (TPSA) is 26.0 Å². The largest absolute Gasteiger partial charge is 0.330 e. The van der Waals surface area contributed by atoms with Crippen LogP contribution >= 0.6 is 12.4 Å². The fraction of sp³-hybridized carbons (Fsp3) is 1.00. The minimum absolute atomic E-state index is 0. The van der Waals surface area contributed by atoms with Crippen LogP contribution in [0, 0.1) is 0 Å². The van der Waals surface area contributed by atoms with E-state index >= 15 is 0 Å². The SMILES string of the molecule is Cl.[2H]C([2H])([2H])CCN. The van der Waals surface area contributed by atoms with E-state index < -0.39 is 6.85 Å². The summed E-state index contributed by atoms with van der Waals surface area (Å²) in [7, 11) is 0. The number of halogens is 1. The van der Waals surface area contributed by atoms with Crippen LogP contribution in [0.2, 0.25) is 0 Å². The Kier molecular flexibility index (Phi) is 4.31. The molecule has 0 bridgehead atoms. The average Bonchev–Trinajstić information content (AvgIpc) is 1.30. The molecule has 2 N–H and O–H groups in total. The van der Waals surface area contributed by atoms with E-state index in [1.54, 1.807) is 0 Å². The Morgan fingerprint density at radius 2 is 2.60 bits per heavy atom. The molecule has 0 aliphatic heterocycles. The normalized spacial score (nSPS) is 17.4. The maximum atomic E-state index is 6.59. The zero-order valence-electron chi connectivity index (χ0n) is 5.90. The van der Waals surface area contributed by atoms with Crippen molar-refractivity contribution in [2.45, 2.75) is 13.3 Å². The Hall–Kier alpha value is 0.250. The molecule has 0 aliphatic rings. The zero-order valence-corrected chi connectivity index (χ0v) is 3.72. The maximum absolute atomic E-state index is 6.59. The van der Waals surface area contributed by atoms with Crippen LogP contribution in [-0.4, -0.2) is 6.54 Å². The third-order valence-corrected chi connectivity index (χ3v) is 0.144. The third kappa shape index (κ3) is 13.8. The Balaban J connectivity index is 0. The highest BCUT2D eigenvalue weighted by Crippen LogP contribution is 1.57. The zero-order chi connectivity index (χ0) is 5.91. The van der Waals surface area contributed by atoms with E-state index in [-0.39, 0.29) is 25.4 Å². The lowest BCUT2D eigenvalue weighted by atomic mass is 10.5. The van der Waals surface area contributed by atoms with Gasteiger partial charge in [0, 0.05) is 4.11 Å². The molecule has 0 heterocycles. The van der Waals surface area contributed by atoms with Gasteiger partial charge in [0.25, 0.3) is 0 Å². The first kappa shape index (κ1) is 2.43. The Labute approximate surface area is 43.2 Å². The Morgan fingerprint density at radius 3 is 2.60 bits per heavy atom. The van der Waals surface area contributed by atoms with Gasteiger partial charge in [-0.1, -0.05) is 6.85 Å². The third-order valence-electron chi connectivity index (χ3n) is 0.144. The van der Waals surface area contributed by atoms with Crippen molar-refractivity contribution in [2.75, 3.05) is 6.54 Å². The molecule has 0 rings (SSSR count). The molecule has 34 valence electrons. The second kappa shape index (κ2) is 8.87. The standard InChI is InChI=1S/C3H9N.ClH/c1-2-3-4;/h2-4H2,1H3;1H/i1D3;. The Bertz CT molecular complexity index is 53.0. The molecule has 5 heavy (non-hydrogen) atoms. The summed E-state index contributed by atoms with van der Waals surface area (Å²) in [6.45, 7) is -1.58. The van der Waals surface area contributed by atoms with Gasteiger partial charge < -0.3 is 5.73 Å². The molecule has 0 unspecified atom stereocenters. The highest BCUT2D eigenvalue weighted by atomic mass is 35.5. The molecule has 0 saturated heterocycles. The van der Waals surface area contributed by atoms with Gasteiger partial charge in [-0.05, 0) is 13.0 Å². The minimum Gasteiger partial charge on any atom is -0.330 e. The summed E-state index contributed by atoms with van der Waals surface area (Å²) < 4.78 is 19.8. The minimum atomic E-state index is -1.82. The molecular weight excluding hydrogens is 85.5 g/mol.